The van der Waals surface area contributed by atoms with Gasteiger partial charge in [-0.3, -0.25) is 4.79 Å². The molecule has 0 radical (unpaired) electrons. The largest absolute Gasteiger partial charge is 0.370 e. The molecule has 0 saturated carbocycles. The fraction of sp³-hybridized carbons (Fsp3) is 0.381. The average Bonchev–Trinajstić information content (AvgIpc) is 3.14. The molecule has 0 spiro atoms. The number of hydrogen-bond donors (Lipinski definition) is 2. The van der Waals surface area contributed by atoms with E-state index in [4.69, 9.17) is 23.2 Å². The van der Waals surface area contributed by atoms with Crippen molar-refractivity contribution in [3.8, 4) is 0 Å². The Morgan fingerprint density at radius 3 is 2.33 bits per heavy atom. The molecule has 0 unspecified atom stereocenters. The SMILES string of the molecule is CC(C)(C)NS(=O)(=O)c1cc(C(=O)Nc2cc(Cl)ccc2N2CCCC2)ccc1Cl. The van der Waals surface area contributed by atoms with Crippen LogP contribution in [0.2, 0.25) is 10.0 Å². The van der Waals surface area contributed by atoms with E-state index in [1.165, 1.54) is 18.2 Å². The highest BCUT2D eigenvalue weighted by Crippen LogP contribution is 2.32. The van der Waals surface area contributed by atoms with Gasteiger partial charge in [0.25, 0.3) is 5.91 Å². The summed E-state index contributed by atoms with van der Waals surface area (Å²) in [5.74, 6) is -0.443. The van der Waals surface area contributed by atoms with Gasteiger partial charge in [0.1, 0.15) is 4.90 Å². The number of anilines is 2. The first-order valence-corrected chi connectivity index (χ1v) is 11.9. The number of rotatable bonds is 5. The van der Waals surface area contributed by atoms with Crippen molar-refractivity contribution >= 4 is 50.5 Å². The average molecular weight is 470 g/mol. The number of nitrogens with zero attached hydrogens (tertiary/aromatic N) is 1. The summed E-state index contributed by atoms with van der Waals surface area (Å²) >= 11 is 12.3. The van der Waals surface area contributed by atoms with Crippen LogP contribution in [0.5, 0.6) is 0 Å². The second kappa shape index (κ2) is 8.75. The van der Waals surface area contributed by atoms with Gasteiger partial charge in [-0.15, -0.1) is 0 Å². The lowest BCUT2D eigenvalue weighted by Gasteiger charge is -2.22. The summed E-state index contributed by atoms with van der Waals surface area (Å²) in [7, 11) is -3.90. The summed E-state index contributed by atoms with van der Waals surface area (Å²) in [6.45, 7) is 7.01. The van der Waals surface area contributed by atoms with E-state index in [-0.39, 0.29) is 15.5 Å². The van der Waals surface area contributed by atoms with Crippen molar-refractivity contribution in [3.63, 3.8) is 0 Å². The Hall–Kier alpha value is -1.80. The smallest absolute Gasteiger partial charge is 0.255 e. The third-order valence-electron chi connectivity index (χ3n) is 4.58. The molecule has 0 aromatic heterocycles. The van der Waals surface area contributed by atoms with Crippen molar-refractivity contribution in [1.29, 1.82) is 0 Å². The molecule has 1 aliphatic heterocycles. The fourth-order valence-corrected chi connectivity index (χ4v) is 5.46. The molecule has 1 amide bonds. The number of carbonyl (C=O) groups excluding carboxylic acids is 1. The van der Waals surface area contributed by atoms with Crippen LogP contribution in [-0.4, -0.2) is 33.0 Å². The molecule has 1 heterocycles. The highest BCUT2D eigenvalue weighted by Gasteiger charge is 2.26. The van der Waals surface area contributed by atoms with E-state index < -0.39 is 21.5 Å². The fourth-order valence-electron chi connectivity index (χ4n) is 3.35. The maximum absolute atomic E-state index is 12.9. The molecule has 1 aliphatic rings. The molecule has 0 aliphatic carbocycles. The van der Waals surface area contributed by atoms with Crippen molar-refractivity contribution in [2.24, 2.45) is 0 Å². The van der Waals surface area contributed by atoms with Gasteiger partial charge in [0.05, 0.1) is 16.4 Å². The van der Waals surface area contributed by atoms with Crippen LogP contribution in [0.1, 0.15) is 44.0 Å². The zero-order valence-corrected chi connectivity index (χ0v) is 19.5. The first kappa shape index (κ1) is 22.9. The van der Waals surface area contributed by atoms with Crippen LogP contribution in [0.3, 0.4) is 0 Å². The number of sulfonamides is 1. The quantitative estimate of drug-likeness (QED) is 0.650. The molecular formula is C21H25Cl2N3O3S. The Balaban J connectivity index is 1.91. The van der Waals surface area contributed by atoms with Crippen LogP contribution in [0.15, 0.2) is 41.3 Å². The topological polar surface area (TPSA) is 78.5 Å². The van der Waals surface area contributed by atoms with E-state index in [1.54, 1.807) is 32.9 Å². The van der Waals surface area contributed by atoms with Gasteiger partial charge in [0, 0.05) is 29.2 Å². The van der Waals surface area contributed by atoms with Crippen LogP contribution < -0.4 is 14.9 Å². The van der Waals surface area contributed by atoms with E-state index in [0.29, 0.717) is 10.7 Å². The first-order chi connectivity index (χ1) is 14.0. The maximum atomic E-state index is 12.9. The number of halogens is 2. The first-order valence-electron chi connectivity index (χ1n) is 9.66. The Morgan fingerprint density at radius 1 is 1.03 bits per heavy atom. The number of nitrogens with one attached hydrogen (secondary N) is 2. The molecule has 0 atom stereocenters. The molecule has 6 nitrogen and oxygen atoms in total. The Bertz CT molecular complexity index is 1060. The maximum Gasteiger partial charge on any atom is 0.255 e. The summed E-state index contributed by atoms with van der Waals surface area (Å²) in [5, 5.41) is 3.41. The zero-order valence-electron chi connectivity index (χ0n) is 17.1. The van der Waals surface area contributed by atoms with Gasteiger partial charge in [-0.1, -0.05) is 23.2 Å². The highest BCUT2D eigenvalue weighted by atomic mass is 35.5. The number of benzene rings is 2. The van der Waals surface area contributed by atoms with Gasteiger partial charge >= 0.3 is 0 Å². The lowest BCUT2D eigenvalue weighted by Crippen LogP contribution is -2.40. The zero-order chi connectivity index (χ0) is 22.1. The van der Waals surface area contributed by atoms with Crippen molar-refractivity contribution in [3.05, 3.63) is 52.0 Å². The van der Waals surface area contributed by atoms with E-state index >= 15 is 0 Å². The molecule has 2 N–H and O–H groups in total. The molecule has 2 aromatic carbocycles. The molecule has 162 valence electrons. The van der Waals surface area contributed by atoms with Crippen LogP contribution in [0.4, 0.5) is 11.4 Å². The van der Waals surface area contributed by atoms with Gasteiger partial charge in [-0.2, -0.15) is 0 Å². The Morgan fingerprint density at radius 2 is 1.70 bits per heavy atom. The third kappa shape index (κ3) is 5.46. The van der Waals surface area contributed by atoms with Gasteiger partial charge in [0.15, 0.2) is 0 Å². The predicted molar refractivity (Wildman–Crippen MR) is 122 cm³/mol. The van der Waals surface area contributed by atoms with Crippen molar-refractivity contribution in [1.82, 2.24) is 4.72 Å². The molecule has 2 aromatic rings. The Kier molecular flexibility index (Phi) is 6.67. The van der Waals surface area contributed by atoms with E-state index in [9.17, 15) is 13.2 Å². The van der Waals surface area contributed by atoms with Crippen molar-refractivity contribution < 1.29 is 13.2 Å². The number of hydrogen-bond acceptors (Lipinski definition) is 4. The van der Waals surface area contributed by atoms with Gasteiger partial charge in [-0.25, -0.2) is 13.1 Å². The summed E-state index contributed by atoms with van der Waals surface area (Å²) < 4.78 is 28.0. The molecule has 1 fully saturated rings. The molecule has 0 bridgehead atoms. The predicted octanol–water partition coefficient (Wildman–Crippen LogP) is 4.92. The van der Waals surface area contributed by atoms with Gasteiger partial charge < -0.3 is 10.2 Å². The second-order valence-electron chi connectivity index (χ2n) is 8.31. The van der Waals surface area contributed by atoms with E-state index in [0.717, 1.165) is 31.6 Å². The van der Waals surface area contributed by atoms with E-state index in [1.807, 2.05) is 6.07 Å². The second-order valence-corrected chi connectivity index (χ2v) is 10.8. The minimum atomic E-state index is -3.90. The summed E-state index contributed by atoms with van der Waals surface area (Å²) in [6.07, 6.45) is 2.18. The molecule has 9 heteroatoms. The lowest BCUT2D eigenvalue weighted by atomic mass is 10.1. The standard InChI is InChI=1S/C21H25Cl2N3O3S/c1-21(2,3)25-30(28,29)19-12-14(6-8-16(19)23)20(27)24-17-13-15(22)7-9-18(17)26-10-4-5-11-26/h6-9,12-13,25H,4-5,10-11H2,1-3H3,(H,24,27). The summed E-state index contributed by atoms with van der Waals surface area (Å²) in [5.41, 5.74) is 0.968. The number of amides is 1. The third-order valence-corrected chi connectivity index (χ3v) is 7.05. The summed E-state index contributed by atoms with van der Waals surface area (Å²) in [4.78, 5) is 15.0. The molecule has 3 rings (SSSR count). The molecular weight excluding hydrogens is 445 g/mol. The van der Waals surface area contributed by atoms with Crippen LogP contribution in [0, 0.1) is 0 Å². The minimum Gasteiger partial charge on any atom is -0.370 e. The Labute approximate surface area is 187 Å². The highest BCUT2D eigenvalue weighted by molar-refractivity contribution is 7.89. The lowest BCUT2D eigenvalue weighted by molar-refractivity contribution is 0.102. The summed E-state index contributed by atoms with van der Waals surface area (Å²) in [6, 6.07) is 9.55. The normalized spacial score (nSPS) is 14.8. The minimum absolute atomic E-state index is 0.0452. The number of carbonyl (C=O) groups is 1. The van der Waals surface area contributed by atoms with Crippen LogP contribution in [0.25, 0.3) is 0 Å². The van der Waals surface area contributed by atoms with E-state index in [2.05, 4.69) is 14.9 Å². The van der Waals surface area contributed by atoms with Gasteiger partial charge in [-0.05, 0) is 70.0 Å². The van der Waals surface area contributed by atoms with Crippen LogP contribution >= 0.6 is 23.2 Å². The van der Waals surface area contributed by atoms with Gasteiger partial charge in [0.2, 0.25) is 10.0 Å². The molecule has 30 heavy (non-hydrogen) atoms. The molecule has 1 saturated heterocycles. The van der Waals surface area contributed by atoms with Crippen LogP contribution in [-0.2, 0) is 10.0 Å². The van der Waals surface area contributed by atoms with Crippen molar-refractivity contribution in [2.75, 3.05) is 23.3 Å². The van der Waals surface area contributed by atoms with Crippen molar-refractivity contribution in [2.45, 2.75) is 44.0 Å². The monoisotopic (exact) mass is 469 g/mol.